The van der Waals surface area contributed by atoms with Gasteiger partial charge in [-0.1, -0.05) is 17.7 Å². The lowest BCUT2D eigenvalue weighted by molar-refractivity contribution is 0.486. The number of hydrogen-bond donors (Lipinski definition) is 0. The van der Waals surface area contributed by atoms with E-state index in [9.17, 15) is 0 Å². The maximum Gasteiger partial charge on any atom is 0.145 e. The van der Waals surface area contributed by atoms with Crippen LogP contribution in [0, 0.1) is 11.3 Å². The van der Waals surface area contributed by atoms with Crippen molar-refractivity contribution in [1.29, 1.82) is 5.26 Å². The van der Waals surface area contributed by atoms with Crippen molar-refractivity contribution in [2.45, 2.75) is 0 Å². The summed E-state index contributed by atoms with van der Waals surface area (Å²) in [6.07, 6.45) is 1.73. The SMILES string of the molecule is N#Cc1cc(Cl)ccc1Oc1cccc2ncccc12. The molecule has 0 saturated carbocycles. The Kier molecular flexibility index (Phi) is 3.24. The van der Waals surface area contributed by atoms with Gasteiger partial charge in [-0.2, -0.15) is 5.26 Å². The standard InChI is InChI=1S/C16H9ClN2O/c17-12-6-7-15(11(9-12)10-18)20-16-5-1-4-14-13(16)3-2-8-19-14/h1-9H. The number of hydrogen-bond acceptors (Lipinski definition) is 3. The number of fused-ring (bicyclic) bond motifs is 1. The van der Waals surface area contributed by atoms with Gasteiger partial charge in [0.25, 0.3) is 0 Å². The van der Waals surface area contributed by atoms with Gasteiger partial charge in [0.1, 0.15) is 17.6 Å². The molecule has 96 valence electrons. The number of benzene rings is 2. The second kappa shape index (κ2) is 5.20. The summed E-state index contributed by atoms with van der Waals surface area (Å²) in [7, 11) is 0. The minimum atomic E-state index is 0.401. The van der Waals surface area contributed by atoms with Gasteiger partial charge in [0, 0.05) is 16.6 Å². The molecule has 1 aromatic heterocycles. The Morgan fingerprint density at radius 1 is 1.05 bits per heavy atom. The molecule has 0 fully saturated rings. The minimum absolute atomic E-state index is 0.401. The molecule has 0 bridgehead atoms. The van der Waals surface area contributed by atoms with Crippen molar-refractivity contribution < 1.29 is 4.74 Å². The zero-order valence-electron chi connectivity index (χ0n) is 10.4. The third-order valence-corrected chi connectivity index (χ3v) is 3.12. The molecule has 0 aliphatic carbocycles. The summed E-state index contributed by atoms with van der Waals surface area (Å²) in [5.41, 5.74) is 1.25. The number of pyridine rings is 1. The summed E-state index contributed by atoms with van der Waals surface area (Å²) in [5.74, 6) is 1.14. The summed E-state index contributed by atoms with van der Waals surface area (Å²) < 4.78 is 5.85. The Morgan fingerprint density at radius 3 is 2.80 bits per heavy atom. The molecule has 0 radical (unpaired) electrons. The van der Waals surface area contributed by atoms with Crippen LogP contribution in [0.15, 0.2) is 54.7 Å². The van der Waals surface area contributed by atoms with E-state index in [2.05, 4.69) is 11.1 Å². The van der Waals surface area contributed by atoms with Crippen molar-refractivity contribution in [3.8, 4) is 17.6 Å². The van der Waals surface area contributed by atoms with Gasteiger partial charge in [0.2, 0.25) is 0 Å². The van der Waals surface area contributed by atoms with Gasteiger partial charge in [-0.3, -0.25) is 4.98 Å². The maximum atomic E-state index is 9.13. The van der Waals surface area contributed by atoms with Crippen molar-refractivity contribution in [2.24, 2.45) is 0 Å². The molecule has 3 aromatic rings. The van der Waals surface area contributed by atoms with Crippen LogP contribution in [0.4, 0.5) is 0 Å². The molecule has 1 heterocycles. The second-order valence-corrected chi connectivity index (χ2v) is 4.62. The Labute approximate surface area is 121 Å². The van der Waals surface area contributed by atoms with Crippen LogP contribution >= 0.6 is 11.6 Å². The fourth-order valence-electron chi connectivity index (χ4n) is 1.96. The highest BCUT2D eigenvalue weighted by Gasteiger charge is 2.08. The van der Waals surface area contributed by atoms with Crippen LogP contribution in [-0.2, 0) is 0 Å². The topological polar surface area (TPSA) is 45.9 Å². The Bertz CT molecular complexity index is 819. The Morgan fingerprint density at radius 2 is 1.95 bits per heavy atom. The highest BCUT2D eigenvalue weighted by atomic mass is 35.5. The molecular weight excluding hydrogens is 272 g/mol. The molecule has 3 rings (SSSR count). The normalized spacial score (nSPS) is 10.2. The Hall–Kier alpha value is -2.57. The molecule has 4 heteroatoms. The molecule has 0 spiro atoms. The van der Waals surface area contributed by atoms with Crippen LogP contribution in [0.1, 0.15) is 5.56 Å². The number of ether oxygens (including phenoxy) is 1. The lowest BCUT2D eigenvalue weighted by Crippen LogP contribution is -1.90. The lowest BCUT2D eigenvalue weighted by atomic mass is 10.2. The van der Waals surface area contributed by atoms with E-state index in [4.69, 9.17) is 21.6 Å². The van der Waals surface area contributed by atoms with Crippen molar-refractivity contribution in [3.05, 3.63) is 65.3 Å². The zero-order chi connectivity index (χ0) is 13.9. The highest BCUT2D eigenvalue weighted by Crippen LogP contribution is 2.31. The minimum Gasteiger partial charge on any atom is -0.455 e. The number of rotatable bonds is 2. The first kappa shape index (κ1) is 12.5. The van der Waals surface area contributed by atoms with E-state index in [0.29, 0.717) is 22.1 Å². The number of nitrogens with zero attached hydrogens (tertiary/aromatic N) is 2. The molecule has 3 nitrogen and oxygen atoms in total. The van der Waals surface area contributed by atoms with Gasteiger partial charge < -0.3 is 4.74 Å². The third-order valence-electron chi connectivity index (χ3n) is 2.89. The van der Waals surface area contributed by atoms with Gasteiger partial charge in [-0.15, -0.1) is 0 Å². The molecule has 0 atom stereocenters. The smallest absolute Gasteiger partial charge is 0.145 e. The van der Waals surface area contributed by atoms with Crippen LogP contribution in [0.25, 0.3) is 10.9 Å². The first-order chi connectivity index (χ1) is 9.78. The van der Waals surface area contributed by atoms with E-state index in [1.165, 1.54) is 0 Å². The van der Waals surface area contributed by atoms with Gasteiger partial charge in [-0.25, -0.2) is 0 Å². The first-order valence-corrected chi connectivity index (χ1v) is 6.37. The average molecular weight is 281 g/mol. The van der Waals surface area contributed by atoms with Crippen LogP contribution in [-0.4, -0.2) is 4.98 Å². The molecule has 0 unspecified atom stereocenters. The molecule has 0 amide bonds. The summed E-state index contributed by atoms with van der Waals surface area (Å²) in [5, 5.41) is 10.5. The quantitative estimate of drug-likeness (QED) is 0.691. The van der Waals surface area contributed by atoms with Crippen LogP contribution in [0.5, 0.6) is 11.5 Å². The molecule has 0 N–H and O–H groups in total. The molecule has 20 heavy (non-hydrogen) atoms. The van der Waals surface area contributed by atoms with Gasteiger partial charge in [-0.05, 0) is 42.5 Å². The monoisotopic (exact) mass is 280 g/mol. The van der Waals surface area contributed by atoms with E-state index in [1.54, 1.807) is 24.4 Å². The van der Waals surface area contributed by atoms with Gasteiger partial charge in [0.05, 0.1) is 11.1 Å². The largest absolute Gasteiger partial charge is 0.455 e. The maximum absolute atomic E-state index is 9.13. The molecule has 0 saturated heterocycles. The summed E-state index contributed by atoms with van der Waals surface area (Å²) in [6, 6.07) is 16.5. The van der Waals surface area contributed by atoms with E-state index in [0.717, 1.165) is 10.9 Å². The third kappa shape index (κ3) is 2.29. The van der Waals surface area contributed by atoms with Gasteiger partial charge >= 0.3 is 0 Å². The van der Waals surface area contributed by atoms with Crippen molar-refractivity contribution in [1.82, 2.24) is 4.98 Å². The molecule has 0 aliphatic rings. The summed E-state index contributed by atoms with van der Waals surface area (Å²) >= 11 is 5.88. The van der Waals surface area contributed by atoms with Crippen LogP contribution in [0.3, 0.4) is 0 Å². The predicted octanol–water partition coefficient (Wildman–Crippen LogP) is 4.55. The average Bonchev–Trinajstić information content (AvgIpc) is 2.49. The molecule has 2 aromatic carbocycles. The highest BCUT2D eigenvalue weighted by molar-refractivity contribution is 6.30. The molecule has 0 aliphatic heterocycles. The zero-order valence-corrected chi connectivity index (χ0v) is 11.1. The predicted molar refractivity (Wildman–Crippen MR) is 78.0 cm³/mol. The first-order valence-electron chi connectivity index (χ1n) is 5.99. The molecular formula is C16H9ClN2O. The summed E-state index contributed by atoms with van der Waals surface area (Å²) in [4.78, 5) is 4.27. The van der Waals surface area contributed by atoms with Crippen molar-refractivity contribution in [2.75, 3.05) is 0 Å². The van der Waals surface area contributed by atoms with Gasteiger partial charge in [0.15, 0.2) is 0 Å². The van der Waals surface area contributed by atoms with E-state index in [1.807, 2.05) is 30.3 Å². The van der Waals surface area contributed by atoms with E-state index >= 15 is 0 Å². The fourth-order valence-corrected chi connectivity index (χ4v) is 2.13. The Balaban J connectivity index is 2.08. The van der Waals surface area contributed by atoms with Crippen molar-refractivity contribution >= 4 is 22.5 Å². The van der Waals surface area contributed by atoms with Crippen molar-refractivity contribution in [3.63, 3.8) is 0 Å². The van der Waals surface area contributed by atoms with Crippen LogP contribution < -0.4 is 4.74 Å². The van der Waals surface area contributed by atoms with E-state index < -0.39 is 0 Å². The fraction of sp³-hybridized carbons (Fsp3) is 0. The number of nitriles is 1. The summed E-state index contributed by atoms with van der Waals surface area (Å²) in [6.45, 7) is 0. The lowest BCUT2D eigenvalue weighted by Gasteiger charge is -2.09. The number of aromatic nitrogens is 1. The van der Waals surface area contributed by atoms with E-state index in [-0.39, 0.29) is 0 Å². The number of halogens is 1. The second-order valence-electron chi connectivity index (χ2n) is 4.18. The van der Waals surface area contributed by atoms with Crippen LogP contribution in [0.2, 0.25) is 5.02 Å².